The van der Waals surface area contributed by atoms with Gasteiger partial charge in [-0.1, -0.05) is 17.7 Å². The highest BCUT2D eigenvalue weighted by molar-refractivity contribution is 6.04. The quantitative estimate of drug-likeness (QED) is 0.684. The Morgan fingerprint density at radius 3 is 2.79 bits per heavy atom. The van der Waals surface area contributed by atoms with Crippen molar-refractivity contribution in [2.24, 2.45) is 0 Å². The number of carbonyl (C=O) groups excluding carboxylic acids is 1. The minimum Gasteiger partial charge on any atom is -0.495 e. The summed E-state index contributed by atoms with van der Waals surface area (Å²) in [5.74, 6) is 0.814. The molecule has 1 aliphatic carbocycles. The van der Waals surface area contributed by atoms with Crippen molar-refractivity contribution in [3.63, 3.8) is 0 Å². The highest BCUT2D eigenvalue weighted by Gasteiger charge is 2.14. The Kier molecular flexibility index (Phi) is 6.63. The second kappa shape index (κ2) is 9.35. The van der Waals surface area contributed by atoms with Crippen molar-refractivity contribution in [1.29, 1.82) is 0 Å². The van der Waals surface area contributed by atoms with E-state index in [-0.39, 0.29) is 5.91 Å². The summed E-state index contributed by atoms with van der Waals surface area (Å²) in [5.41, 5.74) is 4.24. The number of carbonyl (C=O) groups is 1. The highest BCUT2D eigenvalue weighted by atomic mass is 16.5. The third-order valence-electron chi connectivity index (χ3n) is 4.80. The topological polar surface area (TPSA) is 76.1 Å². The fraction of sp³-hybridized carbons (Fsp3) is 0.409. The molecule has 0 saturated carbocycles. The molecule has 0 unspecified atom stereocenters. The number of hydrogen-bond donors (Lipinski definition) is 2. The Morgan fingerprint density at radius 1 is 1.18 bits per heavy atom. The lowest BCUT2D eigenvalue weighted by atomic mass is 9.97. The molecule has 1 aromatic carbocycles. The number of rotatable bonds is 7. The fourth-order valence-electron chi connectivity index (χ4n) is 3.34. The standard InChI is InChI=1S/C22H28N4O2/c1-15-9-10-20(28-3)18(13-15)25-21(27)19-14-16(2)24-22(26-19)23-12-11-17-7-5-4-6-8-17/h7,9-10,13-14H,4-6,8,11-12H2,1-3H3,(H,25,27)(H,23,24,26). The lowest BCUT2D eigenvalue weighted by molar-refractivity contribution is 0.102. The molecule has 0 bridgehead atoms. The SMILES string of the molecule is COc1ccc(C)cc1NC(=O)c1cc(C)nc(NCCC2=CCCCC2)n1. The van der Waals surface area contributed by atoms with Gasteiger partial charge in [0, 0.05) is 12.2 Å². The molecule has 1 amide bonds. The molecule has 148 valence electrons. The summed E-state index contributed by atoms with van der Waals surface area (Å²) < 4.78 is 5.33. The molecule has 0 saturated heterocycles. The second-order valence-electron chi connectivity index (χ2n) is 7.16. The van der Waals surface area contributed by atoms with E-state index in [0.29, 0.717) is 23.1 Å². The zero-order valence-electron chi connectivity index (χ0n) is 16.8. The fourth-order valence-corrected chi connectivity index (χ4v) is 3.34. The van der Waals surface area contributed by atoms with Crippen LogP contribution in [0.2, 0.25) is 0 Å². The molecule has 6 nitrogen and oxygen atoms in total. The maximum absolute atomic E-state index is 12.7. The predicted molar refractivity (Wildman–Crippen MR) is 112 cm³/mol. The Labute approximate surface area is 166 Å². The maximum Gasteiger partial charge on any atom is 0.274 e. The van der Waals surface area contributed by atoms with Crippen LogP contribution < -0.4 is 15.4 Å². The van der Waals surface area contributed by atoms with Crippen LogP contribution in [0.5, 0.6) is 5.75 Å². The van der Waals surface area contributed by atoms with E-state index in [2.05, 4.69) is 26.7 Å². The third kappa shape index (κ3) is 5.31. The van der Waals surface area contributed by atoms with Gasteiger partial charge < -0.3 is 15.4 Å². The lowest BCUT2D eigenvalue weighted by Crippen LogP contribution is -2.17. The summed E-state index contributed by atoms with van der Waals surface area (Å²) in [6.45, 7) is 4.59. The molecule has 1 heterocycles. The van der Waals surface area contributed by atoms with Crippen LogP contribution in [0.15, 0.2) is 35.9 Å². The molecule has 2 aromatic rings. The summed E-state index contributed by atoms with van der Waals surface area (Å²) in [7, 11) is 1.58. The minimum atomic E-state index is -0.285. The molecule has 0 fully saturated rings. The molecule has 0 aliphatic heterocycles. The van der Waals surface area contributed by atoms with Gasteiger partial charge in [0.05, 0.1) is 12.8 Å². The van der Waals surface area contributed by atoms with Crippen LogP contribution in [0.1, 0.15) is 53.8 Å². The third-order valence-corrected chi connectivity index (χ3v) is 4.80. The molecule has 0 radical (unpaired) electrons. The first-order valence-electron chi connectivity index (χ1n) is 9.78. The Morgan fingerprint density at radius 2 is 2.04 bits per heavy atom. The summed E-state index contributed by atoms with van der Waals surface area (Å²) in [6.07, 6.45) is 8.27. The molecular formula is C22H28N4O2. The minimum absolute atomic E-state index is 0.285. The molecule has 3 rings (SSSR count). The van der Waals surface area contributed by atoms with Gasteiger partial charge in [-0.2, -0.15) is 0 Å². The number of nitrogens with zero attached hydrogens (tertiary/aromatic N) is 2. The number of aromatic nitrogens is 2. The number of hydrogen-bond acceptors (Lipinski definition) is 5. The molecule has 6 heteroatoms. The number of benzene rings is 1. The Balaban J connectivity index is 1.67. The van der Waals surface area contributed by atoms with Crippen molar-refractivity contribution in [2.75, 3.05) is 24.3 Å². The first-order valence-corrected chi connectivity index (χ1v) is 9.78. The van der Waals surface area contributed by atoms with Crippen molar-refractivity contribution in [3.8, 4) is 5.75 Å². The van der Waals surface area contributed by atoms with Crippen LogP contribution in [-0.2, 0) is 0 Å². The monoisotopic (exact) mass is 380 g/mol. The summed E-state index contributed by atoms with van der Waals surface area (Å²) in [6, 6.07) is 7.34. The molecule has 0 atom stereocenters. The van der Waals surface area contributed by atoms with Crippen molar-refractivity contribution >= 4 is 17.5 Å². The average Bonchev–Trinajstić information content (AvgIpc) is 2.68. The predicted octanol–water partition coefficient (Wildman–Crippen LogP) is 4.66. The van der Waals surface area contributed by atoms with Crippen LogP contribution in [0.4, 0.5) is 11.6 Å². The number of aryl methyl sites for hydroxylation is 2. The Bertz CT molecular complexity index is 877. The summed E-state index contributed by atoms with van der Waals surface area (Å²) >= 11 is 0. The van der Waals surface area contributed by atoms with E-state index in [9.17, 15) is 4.79 Å². The van der Waals surface area contributed by atoms with Crippen molar-refractivity contribution in [3.05, 3.63) is 52.9 Å². The van der Waals surface area contributed by atoms with Crippen LogP contribution in [0.3, 0.4) is 0 Å². The summed E-state index contributed by atoms with van der Waals surface area (Å²) in [5, 5.41) is 6.15. The van der Waals surface area contributed by atoms with E-state index in [1.54, 1.807) is 13.2 Å². The zero-order chi connectivity index (χ0) is 19.9. The van der Waals surface area contributed by atoms with Gasteiger partial charge in [-0.3, -0.25) is 4.79 Å². The van der Waals surface area contributed by atoms with E-state index in [1.807, 2.05) is 32.0 Å². The van der Waals surface area contributed by atoms with Gasteiger partial charge >= 0.3 is 0 Å². The van der Waals surface area contributed by atoms with Crippen molar-refractivity contribution in [1.82, 2.24) is 9.97 Å². The van der Waals surface area contributed by atoms with Crippen molar-refractivity contribution in [2.45, 2.75) is 46.0 Å². The molecule has 1 aliphatic rings. The average molecular weight is 380 g/mol. The van der Waals surface area contributed by atoms with Gasteiger partial charge in [0.25, 0.3) is 5.91 Å². The normalized spacial score (nSPS) is 13.6. The van der Waals surface area contributed by atoms with Gasteiger partial charge in [-0.25, -0.2) is 9.97 Å². The van der Waals surface area contributed by atoms with Crippen molar-refractivity contribution < 1.29 is 9.53 Å². The van der Waals surface area contributed by atoms with E-state index >= 15 is 0 Å². The van der Waals surface area contributed by atoms with Gasteiger partial charge in [0.1, 0.15) is 11.4 Å². The molecule has 2 N–H and O–H groups in total. The molecule has 28 heavy (non-hydrogen) atoms. The number of anilines is 2. The molecular weight excluding hydrogens is 352 g/mol. The van der Waals surface area contributed by atoms with Crippen LogP contribution in [-0.4, -0.2) is 29.5 Å². The number of nitrogens with one attached hydrogen (secondary N) is 2. The Hall–Kier alpha value is -2.89. The molecule has 0 spiro atoms. The van der Waals surface area contributed by atoms with Crippen LogP contribution in [0, 0.1) is 13.8 Å². The van der Waals surface area contributed by atoms with Gasteiger partial charge in [-0.05, 0) is 69.7 Å². The largest absolute Gasteiger partial charge is 0.495 e. The smallest absolute Gasteiger partial charge is 0.274 e. The number of allylic oxidation sites excluding steroid dienone is 1. The summed E-state index contributed by atoms with van der Waals surface area (Å²) in [4.78, 5) is 21.5. The number of methoxy groups -OCH3 is 1. The first kappa shape index (κ1) is 19.9. The lowest BCUT2D eigenvalue weighted by Gasteiger charge is -2.14. The molecule has 1 aromatic heterocycles. The number of ether oxygens (including phenoxy) is 1. The van der Waals surface area contributed by atoms with Gasteiger partial charge in [-0.15, -0.1) is 0 Å². The zero-order valence-corrected chi connectivity index (χ0v) is 16.8. The van der Waals surface area contributed by atoms with Gasteiger partial charge in [0.15, 0.2) is 0 Å². The van der Waals surface area contributed by atoms with E-state index in [0.717, 1.165) is 24.2 Å². The maximum atomic E-state index is 12.7. The van der Waals surface area contributed by atoms with E-state index in [4.69, 9.17) is 4.74 Å². The van der Waals surface area contributed by atoms with Gasteiger partial charge in [0.2, 0.25) is 5.95 Å². The number of amides is 1. The first-order chi connectivity index (χ1) is 13.5. The van der Waals surface area contributed by atoms with Crippen LogP contribution in [0.25, 0.3) is 0 Å². The highest BCUT2D eigenvalue weighted by Crippen LogP contribution is 2.26. The second-order valence-corrected chi connectivity index (χ2v) is 7.16. The van der Waals surface area contributed by atoms with E-state index in [1.165, 1.54) is 31.3 Å². The van der Waals surface area contributed by atoms with E-state index < -0.39 is 0 Å². The van der Waals surface area contributed by atoms with Crippen LogP contribution >= 0.6 is 0 Å².